The lowest BCUT2D eigenvalue weighted by Crippen LogP contribution is -1.99. The van der Waals surface area contributed by atoms with Crippen LogP contribution in [-0.2, 0) is 0 Å². The van der Waals surface area contributed by atoms with Crippen molar-refractivity contribution in [2.24, 2.45) is 0 Å². The lowest BCUT2D eigenvalue weighted by atomic mass is 10.0. The normalized spacial score (nSPS) is 12.5. The van der Waals surface area contributed by atoms with E-state index in [9.17, 15) is 5.11 Å². The molecule has 0 radical (unpaired) electrons. The molecule has 0 fully saturated rings. The molecular formula is C14H11NO2S. The first-order valence-electron chi connectivity index (χ1n) is 5.54. The van der Waals surface area contributed by atoms with E-state index in [-0.39, 0.29) is 0 Å². The quantitative estimate of drug-likeness (QED) is 0.781. The molecule has 18 heavy (non-hydrogen) atoms. The van der Waals surface area contributed by atoms with E-state index in [1.807, 2.05) is 29.0 Å². The lowest BCUT2D eigenvalue weighted by Gasteiger charge is -2.10. The molecule has 0 aliphatic rings. The van der Waals surface area contributed by atoms with E-state index in [1.165, 1.54) is 0 Å². The highest BCUT2D eigenvalue weighted by Gasteiger charge is 2.18. The van der Waals surface area contributed by atoms with E-state index in [0.29, 0.717) is 5.76 Å². The van der Waals surface area contributed by atoms with Crippen LogP contribution in [0.1, 0.15) is 17.2 Å². The summed E-state index contributed by atoms with van der Waals surface area (Å²) < 4.78 is 5.48. The van der Waals surface area contributed by atoms with E-state index in [4.69, 9.17) is 4.42 Å². The molecule has 0 aromatic carbocycles. The van der Waals surface area contributed by atoms with Crippen molar-refractivity contribution in [1.82, 2.24) is 4.98 Å². The van der Waals surface area contributed by atoms with Gasteiger partial charge in [-0.2, -0.15) is 11.3 Å². The summed E-state index contributed by atoms with van der Waals surface area (Å²) in [5.74, 6) is 0.715. The number of aliphatic hydroxyl groups excluding tert-OH is 1. The molecule has 0 aliphatic carbocycles. The van der Waals surface area contributed by atoms with Gasteiger partial charge in [-0.05, 0) is 23.6 Å². The van der Waals surface area contributed by atoms with Crippen LogP contribution in [0.25, 0.3) is 11.3 Å². The van der Waals surface area contributed by atoms with Crippen molar-refractivity contribution in [2.45, 2.75) is 6.10 Å². The van der Waals surface area contributed by atoms with Crippen LogP contribution in [0, 0.1) is 0 Å². The molecule has 0 aliphatic heterocycles. The van der Waals surface area contributed by atoms with Crippen LogP contribution in [0.4, 0.5) is 0 Å². The Kier molecular flexibility index (Phi) is 2.96. The number of furan rings is 1. The second kappa shape index (κ2) is 4.76. The van der Waals surface area contributed by atoms with E-state index in [2.05, 4.69) is 4.98 Å². The largest absolute Gasteiger partial charge is 0.464 e. The molecule has 0 spiro atoms. The van der Waals surface area contributed by atoms with Gasteiger partial charge in [0.25, 0.3) is 0 Å². The van der Waals surface area contributed by atoms with E-state index in [1.54, 1.807) is 36.1 Å². The Morgan fingerprint density at radius 3 is 2.94 bits per heavy atom. The minimum absolute atomic E-state index is 0.715. The molecule has 3 aromatic rings. The molecule has 90 valence electrons. The molecule has 1 N–H and O–H groups in total. The van der Waals surface area contributed by atoms with Gasteiger partial charge < -0.3 is 9.52 Å². The van der Waals surface area contributed by atoms with Gasteiger partial charge in [0.15, 0.2) is 0 Å². The van der Waals surface area contributed by atoms with Crippen molar-refractivity contribution in [3.8, 4) is 11.3 Å². The Hall–Kier alpha value is -1.91. The maximum atomic E-state index is 10.4. The summed E-state index contributed by atoms with van der Waals surface area (Å²) in [6.07, 6.45) is 4.23. The van der Waals surface area contributed by atoms with Gasteiger partial charge in [0, 0.05) is 34.5 Å². The third kappa shape index (κ3) is 1.96. The third-order valence-corrected chi connectivity index (χ3v) is 3.46. The first kappa shape index (κ1) is 11.2. The Bertz CT molecular complexity index is 616. The Morgan fingerprint density at radius 1 is 1.28 bits per heavy atom. The van der Waals surface area contributed by atoms with Crippen molar-refractivity contribution in [1.29, 1.82) is 0 Å². The van der Waals surface area contributed by atoms with Crippen molar-refractivity contribution in [3.63, 3.8) is 0 Å². The molecule has 3 nitrogen and oxygen atoms in total. The lowest BCUT2D eigenvalue weighted by molar-refractivity contribution is 0.219. The summed E-state index contributed by atoms with van der Waals surface area (Å²) in [4.78, 5) is 4.02. The summed E-state index contributed by atoms with van der Waals surface area (Å²) in [6.45, 7) is 0. The van der Waals surface area contributed by atoms with Gasteiger partial charge in [0.2, 0.25) is 0 Å². The SMILES string of the molecule is OC(c1cccnc1)c1ccoc1-c1ccsc1. The van der Waals surface area contributed by atoms with Crippen LogP contribution >= 0.6 is 11.3 Å². The molecular weight excluding hydrogens is 246 g/mol. The van der Waals surface area contributed by atoms with Crippen LogP contribution in [0.5, 0.6) is 0 Å². The minimum Gasteiger partial charge on any atom is -0.464 e. The van der Waals surface area contributed by atoms with E-state index >= 15 is 0 Å². The van der Waals surface area contributed by atoms with Crippen molar-refractivity contribution in [3.05, 3.63) is 64.8 Å². The molecule has 3 rings (SSSR count). The Morgan fingerprint density at radius 2 is 2.22 bits per heavy atom. The second-order valence-electron chi connectivity index (χ2n) is 3.91. The highest BCUT2D eigenvalue weighted by atomic mass is 32.1. The van der Waals surface area contributed by atoms with Crippen molar-refractivity contribution >= 4 is 11.3 Å². The molecule has 1 unspecified atom stereocenters. The predicted octanol–water partition coefficient (Wildman–Crippen LogP) is 3.48. The molecule has 4 heteroatoms. The van der Waals surface area contributed by atoms with Crippen LogP contribution in [0.15, 0.2) is 58.1 Å². The van der Waals surface area contributed by atoms with E-state index < -0.39 is 6.10 Å². The summed E-state index contributed by atoms with van der Waals surface area (Å²) in [5, 5.41) is 14.3. The van der Waals surface area contributed by atoms with Crippen LogP contribution < -0.4 is 0 Å². The Labute approximate surface area is 108 Å². The average Bonchev–Trinajstić information content (AvgIpc) is 3.09. The molecule has 0 saturated heterocycles. The number of rotatable bonds is 3. The van der Waals surface area contributed by atoms with Gasteiger partial charge in [-0.3, -0.25) is 4.98 Å². The van der Waals surface area contributed by atoms with Crippen molar-refractivity contribution < 1.29 is 9.52 Å². The summed E-state index contributed by atoms with van der Waals surface area (Å²) in [5.41, 5.74) is 2.51. The maximum Gasteiger partial charge on any atom is 0.140 e. The van der Waals surface area contributed by atoms with Crippen LogP contribution in [0.3, 0.4) is 0 Å². The van der Waals surface area contributed by atoms with Gasteiger partial charge in [0.05, 0.1) is 6.26 Å². The topological polar surface area (TPSA) is 46.3 Å². The number of thiophene rings is 1. The van der Waals surface area contributed by atoms with Gasteiger partial charge in [-0.25, -0.2) is 0 Å². The summed E-state index contributed by atoms with van der Waals surface area (Å²) >= 11 is 1.60. The molecule has 3 aromatic heterocycles. The van der Waals surface area contributed by atoms with Gasteiger partial charge in [-0.1, -0.05) is 6.07 Å². The zero-order valence-electron chi connectivity index (χ0n) is 9.48. The monoisotopic (exact) mass is 257 g/mol. The summed E-state index contributed by atoms with van der Waals surface area (Å²) in [6, 6.07) is 7.43. The number of aliphatic hydroxyl groups is 1. The first-order valence-corrected chi connectivity index (χ1v) is 6.48. The first-order chi connectivity index (χ1) is 8.86. The third-order valence-electron chi connectivity index (χ3n) is 2.77. The number of hydrogen-bond donors (Lipinski definition) is 1. The average molecular weight is 257 g/mol. The number of hydrogen-bond acceptors (Lipinski definition) is 4. The summed E-state index contributed by atoms with van der Waals surface area (Å²) in [7, 11) is 0. The number of pyridine rings is 1. The van der Waals surface area contributed by atoms with Crippen LogP contribution in [-0.4, -0.2) is 10.1 Å². The fourth-order valence-corrected chi connectivity index (χ4v) is 2.52. The fraction of sp³-hybridized carbons (Fsp3) is 0.0714. The predicted molar refractivity (Wildman–Crippen MR) is 70.3 cm³/mol. The molecule has 1 atom stereocenters. The highest BCUT2D eigenvalue weighted by molar-refractivity contribution is 7.08. The minimum atomic E-state index is -0.715. The second-order valence-corrected chi connectivity index (χ2v) is 4.69. The zero-order chi connectivity index (χ0) is 12.4. The van der Waals surface area contributed by atoms with E-state index in [0.717, 1.165) is 16.7 Å². The maximum absolute atomic E-state index is 10.4. The zero-order valence-corrected chi connectivity index (χ0v) is 10.3. The van der Waals surface area contributed by atoms with Crippen LogP contribution in [0.2, 0.25) is 0 Å². The molecule has 0 saturated carbocycles. The standard InChI is InChI=1S/C14H11NO2S/c16-13(10-2-1-5-15-8-10)12-3-6-17-14(12)11-4-7-18-9-11/h1-9,13,16H. The van der Waals surface area contributed by atoms with Gasteiger partial charge in [0.1, 0.15) is 11.9 Å². The van der Waals surface area contributed by atoms with Gasteiger partial charge >= 0.3 is 0 Å². The number of nitrogens with zero attached hydrogens (tertiary/aromatic N) is 1. The van der Waals surface area contributed by atoms with Crippen molar-refractivity contribution in [2.75, 3.05) is 0 Å². The molecule has 0 bridgehead atoms. The molecule has 0 amide bonds. The fourth-order valence-electron chi connectivity index (χ4n) is 1.88. The highest BCUT2D eigenvalue weighted by Crippen LogP contribution is 2.33. The number of aromatic nitrogens is 1. The van der Waals surface area contributed by atoms with Gasteiger partial charge in [-0.15, -0.1) is 0 Å². The Balaban J connectivity index is 2.01. The molecule has 3 heterocycles. The smallest absolute Gasteiger partial charge is 0.140 e.